The molecule has 0 aliphatic heterocycles. The monoisotopic (exact) mass is 309 g/mol. The van der Waals surface area contributed by atoms with Crippen molar-refractivity contribution >= 4 is 15.9 Å². The Labute approximate surface area is 130 Å². The highest BCUT2D eigenvalue weighted by atomic mass is 28.2. The number of amides is 1. The first-order valence-electron chi connectivity index (χ1n) is 7.19. The number of hydrogen-bond acceptors (Lipinski definition) is 2. The predicted molar refractivity (Wildman–Crippen MR) is 88.3 cm³/mol. The van der Waals surface area contributed by atoms with Gasteiger partial charge in [0.2, 0.25) is 0 Å². The number of carbonyl (C=O) groups is 1. The van der Waals surface area contributed by atoms with Gasteiger partial charge in [-0.25, -0.2) is 4.79 Å². The van der Waals surface area contributed by atoms with Crippen LogP contribution in [0, 0.1) is 0 Å². The Bertz CT molecular complexity index is 495. The second-order valence-corrected chi connectivity index (χ2v) is 9.90. The predicted octanol–water partition coefficient (Wildman–Crippen LogP) is 3.35. The van der Waals surface area contributed by atoms with Crippen LogP contribution >= 0.6 is 0 Å². The summed E-state index contributed by atoms with van der Waals surface area (Å²) in [6.45, 7) is 11.1. The van der Waals surface area contributed by atoms with E-state index in [9.17, 15) is 4.79 Å². The van der Waals surface area contributed by atoms with Crippen molar-refractivity contribution in [1.29, 1.82) is 0 Å². The molecule has 0 aromatic heterocycles. The van der Waals surface area contributed by atoms with Crippen LogP contribution in [0.3, 0.4) is 0 Å². The van der Waals surface area contributed by atoms with Gasteiger partial charge in [0, 0.05) is 13.6 Å². The molecule has 0 atom stereocenters. The molecule has 4 nitrogen and oxygen atoms in total. The van der Waals surface area contributed by atoms with E-state index in [1.807, 2.05) is 24.3 Å². The van der Waals surface area contributed by atoms with Crippen LogP contribution in [0.25, 0.3) is 0 Å². The number of rotatable bonds is 5. The summed E-state index contributed by atoms with van der Waals surface area (Å²) in [5, 5.41) is 9.20. The summed E-state index contributed by atoms with van der Waals surface area (Å²) >= 11 is 0. The molecule has 0 saturated carbocycles. The van der Waals surface area contributed by atoms with Crippen LogP contribution in [-0.2, 0) is 16.6 Å². The van der Waals surface area contributed by atoms with E-state index >= 15 is 0 Å². The number of carboxylic acid groups (broad SMARTS) is 1. The third kappa shape index (κ3) is 5.89. The topological polar surface area (TPSA) is 49.8 Å². The zero-order valence-corrected chi connectivity index (χ0v) is 15.3. The minimum Gasteiger partial charge on any atom is -0.465 e. The summed E-state index contributed by atoms with van der Waals surface area (Å²) in [7, 11) is 0.923. The molecular weight excluding hydrogens is 282 g/mol. The summed E-state index contributed by atoms with van der Waals surface area (Å²) in [4.78, 5) is 12.2. The summed E-state index contributed by atoms with van der Waals surface area (Å²) in [5.41, 5.74) is 1.74. The van der Waals surface area contributed by atoms with Gasteiger partial charge in [-0.05, 0) is 30.0 Å². The van der Waals surface area contributed by atoms with E-state index in [4.69, 9.17) is 9.53 Å². The molecule has 0 aliphatic rings. The average Bonchev–Trinajstić information content (AvgIpc) is 2.36. The zero-order chi connectivity index (χ0) is 16.3. The van der Waals surface area contributed by atoms with Gasteiger partial charge in [-0.15, -0.1) is 0 Å². The lowest BCUT2D eigenvalue weighted by molar-refractivity contribution is 0.109. The number of benzene rings is 1. The molecule has 0 bridgehead atoms. The molecule has 1 amide bonds. The molecule has 0 radical (unpaired) electrons. The standard InChI is InChI=1S/C16H27NO3Si/c1-15(2,3)21-20-16(4,5)13-9-7-8-12(10-13)11-17(6)14(18)19/h7-10H,11,21H2,1-6H3,(H,18,19). The largest absolute Gasteiger partial charge is 0.465 e. The van der Waals surface area contributed by atoms with E-state index in [-0.39, 0.29) is 10.6 Å². The first kappa shape index (κ1) is 17.7. The molecule has 118 valence electrons. The minimum atomic E-state index is -0.920. The van der Waals surface area contributed by atoms with Crippen molar-refractivity contribution in [1.82, 2.24) is 4.90 Å². The minimum absolute atomic E-state index is 0.248. The lowest BCUT2D eigenvalue weighted by atomic mass is 9.96. The van der Waals surface area contributed by atoms with Crippen LogP contribution in [-0.4, -0.2) is 32.9 Å². The lowest BCUT2D eigenvalue weighted by Crippen LogP contribution is -2.28. The van der Waals surface area contributed by atoms with Gasteiger partial charge in [0.05, 0.1) is 5.60 Å². The maximum atomic E-state index is 10.9. The molecule has 21 heavy (non-hydrogen) atoms. The van der Waals surface area contributed by atoms with Crippen molar-refractivity contribution in [2.24, 2.45) is 0 Å². The van der Waals surface area contributed by atoms with Crippen LogP contribution in [0.15, 0.2) is 24.3 Å². The molecule has 1 rings (SSSR count). The molecule has 0 fully saturated rings. The van der Waals surface area contributed by atoms with Gasteiger partial charge in [-0.1, -0.05) is 45.0 Å². The van der Waals surface area contributed by atoms with Crippen molar-refractivity contribution in [2.45, 2.75) is 51.8 Å². The van der Waals surface area contributed by atoms with Gasteiger partial charge >= 0.3 is 6.09 Å². The first-order chi connectivity index (χ1) is 9.51. The van der Waals surface area contributed by atoms with Gasteiger partial charge in [-0.3, -0.25) is 0 Å². The molecular formula is C16H27NO3Si. The van der Waals surface area contributed by atoms with Gasteiger partial charge in [0.25, 0.3) is 0 Å². The molecule has 0 unspecified atom stereocenters. The Hall–Kier alpha value is -1.33. The summed E-state index contributed by atoms with van der Waals surface area (Å²) in [5.74, 6) is 0. The Morgan fingerprint density at radius 2 is 1.90 bits per heavy atom. The highest BCUT2D eigenvalue weighted by Gasteiger charge is 2.24. The van der Waals surface area contributed by atoms with Crippen molar-refractivity contribution < 1.29 is 14.3 Å². The van der Waals surface area contributed by atoms with Crippen molar-refractivity contribution in [3.8, 4) is 0 Å². The van der Waals surface area contributed by atoms with Gasteiger partial charge in [0.1, 0.15) is 0 Å². The third-order valence-electron chi connectivity index (χ3n) is 3.23. The van der Waals surface area contributed by atoms with E-state index in [2.05, 4.69) is 34.6 Å². The fourth-order valence-corrected chi connectivity index (χ4v) is 2.83. The van der Waals surface area contributed by atoms with Crippen LogP contribution in [0.5, 0.6) is 0 Å². The highest BCUT2D eigenvalue weighted by Crippen LogP contribution is 2.29. The van der Waals surface area contributed by atoms with E-state index < -0.39 is 15.9 Å². The van der Waals surface area contributed by atoms with Gasteiger partial charge in [0.15, 0.2) is 9.76 Å². The van der Waals surface area contributed by atoms with E-state index in [1.165, 1.54) is 4.90 Å². The SMILES string of the molecule is CN(Cc1cccc(C(C)(C)O[SiH2]C(C)(C)C)c1)C(=O)O. The lowest BCUT2D eigenvalue weighted by Gasteiger charge is -2.31. The third-order valence-corrected chi connectivity index (χ3v) is 4.97. The van der Waals surface area contributed by atoms with Crippen LogP contribution in [0.1, 0.15) is 45.7 Å². The fourth-order valence-electron chi connectivity index (χ4n) is 1.87. The number of hydrogen-bond donors (Lipinski definition) is 1. The van der Waals surface area contributed by atoms with Crippen LogP contribution < -0.4 is 0 Å². The smallest absolute Gasteiger partial charge is 0.407 e. The second-order valence-electron chi connectivity index (χ2n) is 7.20. The van der Waals surface area contributed by atoms with E-state index in [0.29, 0.717) is 6.54 Å². The van der Waals surface area contributed by atoms with Crippen molar-refractivity contribution in [3.63, 3.8) is 0 Å². The van der Waals surface area contributed by atoms with Crippen molar-refractivity contribution in [2.75, 3.05) is 7.05 Å². The van der Waals surface area contributed by atoms with Crippen LogP contribution in [0.2, 0.25) is 5.04 Å². The Morgan fingerprint density at radius 1 is 1.29 bits per heavy atom. The highest BCUT2D eigenvalue weighted by molar-refractivity contribution is 6.31. The van der Waals surface area contributed by atoms with E-state index in [1.54, 1.807) is 7.05 Å². The summed E-state index contributed by atoms with van der Waals surface area (Å²) < 4.78 is 6.20. The Kier molecular flexibility index (Phi) is 5.59. The molecule has 1 aromatic rings. The molecule has 0 aliphatic carbocycles. The normalized spacial score (nSPS) is 12.9. The maximum absolute atomic E-state index is 10.9. The fraction of sp³-hybridized carbons (Fsp3) is 0.562. The van der Waals surface area contributed by atoms with Crippen molar-refractivity contribution in [3.05, 3.63) is 35.4 Å². The van der Waals surface area contributed by atoms with E-state index in [0.717, 1.165) is 11.1 Å². The van der Waals surface area contributed by atoms with Gasteiger partial charge in [-0.2, -0.15) is 0 Å². The first-order valence-corrected chi connectivity index (χ1v) is 8.47. The second kappa shape index (κ2) is 6.62. The van der Waals surface area contributed by atoms with Crippen LogP contribution in [0.4, 0.5) is 4.79 Å². The molecule has 1 aromatic carbocycles. The quantitative estimate of drug-likeness (QED) is 0.849. The molecule has 0 heterocycles. The number of nitrogens with zero attached hydrogens (tertiary/aromatic N) is 1. The summed E-state index contributed by atoms with van der Waals surface area (Å²) in [6, 6.07) is 7.99. The summed E-state index contributed by atoms with van der Waals surface area (Å²) in [6.07, 6.45) is -0.920. The molecule has 1 N–H and O–H groups in total. The Balaban J connectivity index is 2.85. The maximum Gasteiger partial charge on any atom is 0.407 e. The molecule has 5 heteroatoms. The Morgan fingerprint density at radius 3 is 2.43 bits per heavy atom. The van der Waals surface area contributed by atoms with Gasteiger partial charge < -0.3 is 14.4 Å². The molecule has 0 spiro atoms. The average molecular weight is 309 g/mol. The zero-order valence-electron chi connectivity index (χ0n) is 13.9. The molecule has 0 saturated heterocycles.